The highest BCUT2D eigenvalue weighted by molar-refractivity contribution is 8.00. The number of hydrogen-bond acceptors (Lipinski definition) is 5. The van der Waals surface area contributed by atoms with E-state index in [4.69, 9.17) is 4.74 Å². The normalized spacial score (nSPS) is 14.6. The number of aromatic nitrogens is 3. The van der Waals surface area contributed by atoms with E-state index in [9.17, 15) is 4.79 Å². The van der Waals surface area contributed by atoms with Crippen molar-refractivity contribution >= 4 is 17.7 Å². The Bertz CT molecular complexity index is 950. The summed E-state index contributed by atoms with van der Waals surface area (Å²) >= 11 is 1.42. The highest BCUT2D eigenvalue weighted by atomic mass is 32.2. The van der Waals surface area contributed by atoms with Gasteiger partial charge in [-0.3, -0.25) is 9.36 Å². The number of carbonyl (C=O) groups excluding carboxylic acids is 1. The monoisotopic (exact) mass is 393 g/mol. The summed E-state index contributed by atoms with van der Waals surface area (Å²) in [5.74, 6) is 0.613. The van der Waals surface area contributed by atoms with Gasteiger partial charge < -0.3 is 4.74 Å². The van der Waals surface area contributed by atoms with Crippen LogP contribution < -0.4 is 0 Å². The van der Waals surface area contributed by atoms with E-state index in [0.717, 1.165) is 34.9 Å². The van der Waals surface area contributed by atoms with Crippen molar-refractivity contribution in [3.8, 4) is 11.4 Å². The van der Waals surface area contributed by atoms with E-state index in [1.807, 2.05) is 37.3 Å². The number of rotatable bonds is 7. The average Bonchev–Trinajstić information content (AvgIpc) is 3.47. The molecule has 1 atom stereocenters. The molecule has 0 aliphatic heterocycles. The van der Waals surface area contributed by atoms with Crippen LogP contribution in [0.25, 0.3) is 11.4 Å². The Morgan fingerprint density at radius 3 is 2.50 bits per heavy atom. The van der Waals surface area contributed by atoms with Gasteiger partial charge in [-0.05, 0) is 32.3 Å². The fraction of sp³-hybridized carbons (Fsp3) is 0.318. The minimum absolute atomic E-state index is 0.249. The standard InChI is InChI=1S/C22H23N3O2S/c1-3-27-21(26)19(16-7-5-4-6-8-16)28-22-24-23-20(25(22)18-13-14-18)17-11-9-15(2)10-12-17/h4-12,18-19H,3,13-14H2,1-2H3. The largest absolute Gasteiger partial charge is 0.465 e. The molecule has 1 heterocycles. The highest BCUT2D eigenvalue weighted by Crippen LogP contribution is 2.44. The van der Waals surface area contributed by atoms with Crippen LogP contribution in [0.4, 0.5) is 0 Å². The second-order valence-corrected chi connectivity index (χ2v) is 8.01. The molecule has 1 unspecified atom stereocenters. The Morgan fingerprint density at radius 2 is 1.86 bits per heavy atom. The van der Waals surface area contributed by atoms with Gasteiger partial charge in [0, 0.05) is 11.6 Å². The lowest BCUT2D eigenvalue weighted by atomic mass is 10.1. The molecule has 0 radical (unpaired) electrons. The minimum atomic E-state index is -0.464. The summed E-state index contributed by atoms with van der Waals surface area (Å²) in [6.07, 6.45) is 2.22. The van der Waals surface area contributed by atoms with Gasteiger partial charge in [0.1, 0.15) is 5.25 Å². The second-order valence-electron chi connectivity index (χ2n) is 6.93. The molecule has 1 fully saturated rings. The van der Waals surface area contributed by atoms with Crippen LogP contribution in [0.15, 0.2) is 59.8 Å². The Morgan fingerprint density at radius 1 is 1.14 bits per heavy atom. The Balaban J connectivity index is 1.69. The third kappa shape index (κ3) is 3.97. The van der Waals surface area contributed by atoms with Crippen molar-refractivity contribution in [1.82, 2.24) is 14.8 Å². The van der Waals surface area contributed by atoms with Crippen LogP contribution in [0.3, 0.4) is 0 Å². The Labute approximate surface area is 169 Å². The van der Waals surface area contributed by atoms with Crippen molar-refractivity contribution < 1.29 is 9.53 Å². The smallest absolute Gasteiger partial charge is 0.324 e. The molecule has 1 aliphatic rings. The van der Waals surface area contributed by atoms with E-state index >= 15 is 0 Å². The molecule has 5 nitrogen and oxygen atoms in total. The summed E-state index contributed by atoms with van der Waals surface area (Å²) in [7, 11) is 0. The molecule has 6 heteroatoms. The minimum Gasteiger partial charge on any atom is -0.465 e. The topological polar surface area (TPSA) is 57.0 Å². The summed E-state index contributed by atoms with van der Waals surface area (Å²) in [4.78, 5) is 12.7. The molecular formula is C22H23N3O2S. The molecule has 28 heavy (non-hydrogen) atoms. The number of aryl methyl sites for hydroxylation is 1. The molecular weight excluding hydrogens is 370 g/mol. The number of nitrogens with zero attached hydrogens (tertiary/aromatic N) is 3. The average molecular weight is 394 g/mol. The van der Waals surface area contributed by atoms with Crippen molar-refractivity contribution in [2.24, 2.45) is 0 Å². The summed E-state index contributed by atoms with van der Waals surface area (Å²) in [5.41, 5.74) is 3.17. The number of esters is 1. The number of thioether (sulfide) groups is 1. The second kappa shape index (κ2) is 8.19. The lowest BCUT2D eigenvalue weighted by Crippen LogP contribution is -2.14. The Hall–Kier alpha value is -2.60. The van der Waals surface area contributed by atoms with Crippen molar-refractivity contribution in [2.45, 2.75) is 43.1 Å². The molecule has 2 aromatic carbocycles. The Kier molecular flexibility index (Phi) is 5.48. The number of ether oxygens (including phenoxy) is 1. The predicted octanol–water partition coefficient (Wildman–Crippen LogP) is 4.98. The fourth-order valence-corrected chi connectivity index (χ4v) is 4.23. The van der Waals surface area contributed by atoms with Gasteiger partial charge in [-0.25, -0.2) is 0 Å². The van der Waals surface area contributed by atoms with Crippen LogP contribution >= 0.6 is 11.8 Å². The first kappa shape index (κ1) is 18.7. The van der Waals surface area contributed by atoms with Crippen LogP contribution in [-0.2, 0) is 9.53 Å². The van der Waals surface area contributed by atoms with Crippen molar-refractivity contribution in [3.63, 3.8) is 0 Å². The van der Waals surface area contributed by atoms with Gasteiger partial charge >= 0.3 is 5.97 Å². The van der Waals surface area contributed by atoms with Crippen LogP contribution in [0.1, 0.15) is 42.2 Å². The quantitative estimate of drug-likeness (QED) is 0.418. The summed E-state index contributed by atoms with van der Waals surface area (Å²) in [6.45, 7) is 4.25. The zero-order valence-corrected chi connectivity index (χ0v) is 16.9. The summed E-state index contributed by atoms with van der Waals surface area (Å²) in [5, 5.41) is 9.22. The van der Waals surface area contributed by atoms with Crippen molar-refractivity contribution in [2.75, 3.05) is 6.61 Å². The third-order valence-corrected chi connectivity index (χ3v) is 5.90. The van der Waals surface area contributed by atoms with Crippen LogP contribution in [-0.4, -0.2) is 27.3 Å². The van der Waals surface area contributed by atoms with E-state index in [0.29, 0.717) is 12.6 Å². The van der Waals surface area contributed by atoms with Crippen molar-refractivity contribution in [1.29, 1.82) is 0 Å². The summed E-state index contributed by atoms with van der Waals surface area (Å²) < 4.78 is 7.52. The molecule has 1 aromatic heterocycles. The van der Waals surface area contributed by atoms with Gasteiger partial charge in [0.25, 0.3) is 0 Å². The van der Waals surface area contributed by atoms with Gasteiger partial charge in [-0.15, -0.1) is 10.2 Å². The van der Waals surface area contributed by atoms with E-state index in [1.165, 1.54) is 17.3 Å². The third-order valence-electron chi connectivity index (χ3n) is 4.71. The van der Waals surface area contributed by atoms with Gasteiger partial charge in [-0.1, -0.05) is 71.9 Å². The SMILES string of the molecule is CCOC(=O)C(Sc1nnc(-c2ccc(C)cc2)n1C1CC1)c1ccccc1. The van der Waals surface area contributed by atoms with E-state index in [-0.39, 0.29) is 5.97 Å². The maximum absolute atomic E-state index is 12.7. The van der Waals surface area contributed by atoms with Gasteiger partial charge in [0.2, 0.25) is 0 Å². The van der Waals surface area contributed by atoms with E-state index in [2.05, 4.69) is 46.0 Å². The molecule has 4 rings (SSSR count). The van der Waals surface area contributed by atoms with Gasteiger partial charge in [-0.2, -0.15) is 0 Å². The number of benzene rings is 2. The first-order valence-corrected chi connectivity index (χ1v) is 10.5. The first-order valence-electron chi connectivity index (χ1n) is 9.57. The summed E-state index contributed by atoms with van der Waals surface area (Å²) in [6, 6.07) is 18.4. The maximum Gasteiger partial charge on any atom is 0.324 e. The molecule has 0 amide bonds. The molecule has 1 saturated carbocycles. The van der Waals surface area contributed by atoms with Crippen LogP contribution in [0, 0.1) is 6.92 Å². The van der Waals surface area contributed by atoms with Gasteiger partial charge in [0.05, 0.1) is 6.61 Å². The zero-order valence-electron chi connectivity index (χ0n) is 16.0. The highest BCUT2D eigenvalue weighted by Gasteiger charge is 2.33. The molecule has 3 aromatic rings. The first-order chi connectivity index (χ1) is 13.7. The van der Waals surface area contributed by atoms with Crippen LogP contribution in [0.5, 0.6) is 0 Å². The lowest BCUT2D eigenvalue weighted by Gasteiger charge is -2.16. The molecule has 0 spiro atoms. The van der Waals surface area contributed by atoms with Gasteiger partial charge in [0.15, 0.2) is 11.0 Å². The number of carbonyl (C=O) groups is 1. The molecule has 0 saturated heterocycles. The lowest BCUT2D eigenvalue weighted by molar-refractivity contribution is -0.142. The number of hydrogen-bond donors (Lipinski definition) is 0. The molecule has 0 N–H and O–H groups in total. The molecule has 144 valence electrons. The maximum atomic E-state index is 12.7. The fourth-order valence-electron chi connectivity index (χ4n) is 3.12. The molecule has 1 aliphatic carbocycles. The van der Waals surface area contributed by atoms with Crippen molar-refractivity contribution in [3.05, 3.63) is 65.7 Å². The molecule has 0 bridgehead atoms. The zero-order chi connectivity index (χ0) is 19.5. The van der Waals surface area contributed by atoms with Crippen LogP contribution in [0.2, 0.25) is 0 Å². The van der Waals surface area contributed by atoms with E-state index in [1.54, 1.807) is 0 Å². The predicted molar refractivity (Wildman–Crippen MR) is 110 cm³/mol. The van der Waals surface area contributed by atoms with E-state index < -0.39 is 5.25 Å².